The number of hydrogen-bond acceptors (Lipinski definition) is 12. The first-order valence-corrected chi connectivity index (χ1v) is 19.2. The van der Waals surface area contributed by atoms with Gasteiger partial charge in [-0.3, -0.25) is 8.98 Å². The van der Waals surface area contributed by atoms with Gasteiger partial charge in [-0.2, -0.15) is 16.8 Å². The Bertz CT molecular complexity index is 1710. The number of halogens is 1. The summed E-state index contributed by atoms with van der Waals surface area (Å²) in [7, 11) is -6.45. The summed E-state index contributed by atoms with van der Waals surface area (Å²) in [5.74, 6) is -1.77. The zero-order valence-electron chi connectivity index (χ0n) is 27.6. The molecule has 0 saturated heterocycles. The van der Waals surface area contributed by atoms with Crippen LogP contribution in [-0.4, -0.2) is 85.3 Å². The van der Waals surface area contributed by atoms with Crippen molar-refractivity contribution in [2.45, 2.75) is 46.3 Å². The van der Waals surface area contributed by atoms with E-state index in [-0.39, 0.29) is 54.5 Å². The lowest BCUT2D eigenvalue weighted by Crippen LogP contribution is -2.49. The van der Waals surface area contributed by atoms with Gasteiger partial charge >= 0.3 is 5.97 Å². The van der Waals surface area contributed by atoms with Gasteiger partial charge in [0.25, 0.3) is 26.1 Å². The SMILES string of the molecule is CCOC(=O)C1=C(OCc2ccccc2)C(OS(C)(=O)=O)NC(C(=O)N(C)CC(OCc2ccccc2)C(C)(C)COS(C)(=O)=O)=C1Br. The van der Waals surface area contributed by atoms with Gasteiger partial charge in [-0.05, 0) is 34.0 Å². The minimum absolute atomic E-state index is 0.0200. The molecule has 2 aromatic rings. The van der Waals surface area contributed by atoms with Gasteiger partial charge < -0.3 is 24.4 Å². The lowest BCUT2D eigenvalue weighted by atomic mass is 9.87. The van der Waals surface area contributed by atoms with E-state index in [0.717, 1.165) is 23.6 Å². The van der Waals surface area contributed by atoms with Gasteiger partial charge in [0.2, 0.25) is 6.23 Å². The number of rotatable bonds is 17. The Balaban J connectivity index is 2.01. The molecule has 1 aliphatic heterocycles. The lowest BCUT2D eigenvalue weighted by molar-refractivity contribution is -0.138. The van der Waals surface area contributed by atoms with E-state index < -0.39 is 49.9 Å². The van der Waals surface area contributed by atoms with Crippen molar-refractivity contribution < 1.29 is 49.0 Å². The van der Waals surface area contributed by atoms with Crippen molar-refractivity contribution in [1.29, 1.82) is 0 Å². The molecule has 2 unspecified atom stereocenters. The van der Waals surface area contributed by atoms with Crippen molar-refractivity contribution in [3.8, 4) is 0 Å². The lowest BCUT2D eigenvalue weighted by Gasteiger charge is -2.37. The maximum atomic E-state index is 14.1. The first-order valence-electron chi connectivity index (χ1n) is 14.8. The summed E-state index contributed by atoms with van der Waals surface area (Å²) >= 11 is 3.36. The van der Waals surface area contributed by atoms with Crippen LogP contribution >= 0.6 is 15.9 Å². The van der Waals surface area contributed by atoms with E-state index in [4.69, 9.17) is 22.6 Å². The molecule has 2 aromatic carbocycles. The number of nitrogens with zero attached hydrogens (tertiary/aromatic N) is 1. The van der Waals surface area contributed by atoms with Crippen LogP contribution in [0.5, 0.6) is 0 Å². The predicted octanol–water partition coefficient (Wildman–Crippen LogP) is 3.58. The molecule has 0 bridgehead atoms. The molecule has 16 heteroatoms. The molecule has 0 spiro atoms. The third-order valence-electron chi connectivity index (χ3n) is 7.00. The number of carbonyl (C=O) groups excluding carboxylic acids is 2. The molecule has 0 fully saturated rings. The van der Waals surface area contributed by atoms with E-state index in [0.29, 0.717) is 0 Å². The number of hydrogen-bond donors (Lipinski definition) is 1. The highest BCUT2D eigenvalue weighted by molar-refractivity contribution is 9.12. The van der Waals surface area contributed by atoms with E-state index >= 15 is 0 Å². The fourth-order valence-electron chi connectivity index (χ4n) is 4.47. The zero-order valence-corrected chi connectivity index (χ0v) is 30.8. The van der Waals surface area contributed by atoms with E-state index in [1.165, 1.54) is 11.9 Å². The highest BCUT2D eigenvalue weighted by Crippen LogP contribution is 2.34. The Hall–Kier alpha value is -3.28. The van der Waals surface area contributed by atoms with Gasteiger partial charge in [0.05, 0.1) is 42.9 Å². The van der Waals surface area contributed by atoms with Crippen molar-refractivity contribution in [1.82, 2.24) is 10.2 Å². The number of amides is 1. The first kappa shape index (κ1) is 39.2. The Labute approximate surface area is 290 Å². The van der Waals surface area contributed by atoms with Crippen molar-refractivity contribution in [2.75, 3.05) is 39.3 Å². The van der Waals surface area contributed by atoms with E-state index in [2.05, 4.69) is 21.2 Å². The number of esters is 1. The monoisotopic (exact) mass is 772 g/mol. The summed E-state index contributed by atoms with van der Waals surface area (Å²) in [6.07, 6.45) is -0.603. The van der Waals surface area contributed by atoms with Gasteiger partial charge in [0.1, 0.15) is 17.9 Å². The standard InChI is InChI=1S/C32H41BrN2O11S2/c1-7-42-31(37)25-26(33)27(34-29(46-48(6,40)41)28(25)44-20-23-16-12-9-13-17-23)30(36)35(4)18-24(32(2,3)21-45-47(5,38)39)43-19-22-14-10-8-11-15-22/h8-17,24,29,34H,7,18-21H2,1-6H3. The molecular weight excluding hydrogens is 732 g/mol. The Morgan fingerprint density at radius 3 is 2.02 bits per heavy atom. The van der Waals surface area contributed by atoms with Crippen molar-refractivity contribution in [3.63, 3.8) is 0 Å². The second-order valence-corrected chi connectivity index (χ2v) is 15.7. The average molecular weight is 774 g/mol. The molecule has 0 aliphatic carbocycles. The highest BCUT2D eigenvalue weighted by Gasteiger charge is 2.41. The predicted molar refractivity (Wildman–Crippen MR) is 181 cm³/mol. The Morgan fingerprint density at radius 2 is 1.50 bits per heavy atom. The van der Waals surface area contributed by atoms with E-state index in [9.17, 15) is 26.4 Å². The number of likely N-dealkylation sites (N-methyl/N-ethyl adjacent to an activating group) is 1. The van der Waals surface area contributed by atoms with Crippen LogP contribution in [0.4, 0.5) is 0 Å². The topological polar surface area (TPSA) is 164 Å². The van der Waals surface area contributed by atoms with Crippen molar-refractivity contribution in [2.24, 2.45) is 5.41 Å². The van der Waals surface area contributed by atoms with Crippen LogP contribution in [0.2, 0.25) is 0 Å². The molecule has 2 atom stereocenters. The molecule has 1 aliphatic rings. The van der Waals surface area contributed by atoms with Crippen LogP contribution in [0.1, 0.15) is 31.9 Å². The van der Waals surface area contributed by atoms with Gasteiger partial charge in [0, 0.05) is 19.0 Å². The van der Waals surface area contributed by atoms with Gasteiger partial charge in [0.15, 0.2) is 5.76 Å². The summed E-state index contributed by atoms with van der Waals surface area (Å²) in [4.78, 5) is 28.6. The van der Waals surface area contributed by atoms with Crippen LogP contribution in [-0.2, 0) is 65.6 Å². The zero-order chi connectivity index (χ0) is 35.7. The maximum Gasteiger partial charge on any atom is 0.342 e. The van der Waals surface area contributed by atoms with E-state index in [1.54, 1.807) is 45.0 Å². The Kier molecular flexibility index (Phi) is 13.8. The minimum Gasteiger partial charge on any atom is -0.487 e. The summed E-state index contributed by atoms with van der Waals surface area (Å²) in [6, 6.07) is 18.2. The molecule has 0 radical (unpaired) electrons. The number of ether oxygens (including phenoxy) is 3. The normalized spacial score (nSPS) is 16.3. The number of benzene rings is 2. The molecule has 1 amide bonds. The third-order valence-corrected chi connectivity index (χ3v) is 8.88. The highest BCUT2D eigenvalue weighted by atomic mass is 79.9. The molecule has 0 saturated carbocycles. The largest absolute Gasteiger partial charge is 0.487 e. The molecule has 3 rings (SSSR count). The molecule has 13 nitrogen and oxygen atoms in total. The second-order valence-electron chi connectivity index (χ2n) is 11.7. The fraction of sp³-hybridized carbons (Fsp3) is 0.438. The molecule has 264 valence electrons. The fourth-order valence-corrected chi connectivity index (χ4v) is 6.11. The molecule has 1 N–H and O–H groups in total. The molecular formula is C32H41BrN2O11S2. The summed E-state index contributed by atoms with van der Waals surface area (Å²) in [6.45, 7) is 4.86. The minimum atomic E-state index is -4.15. The number of dihydropyridines is 1. The summed E-state index contributed by atoms with van der Waals surface area (Å²) in [5, 5.41) is 2.77. The average Bonchev–Trinajstić information content (AvgIpc) is 3.01. The smallest absolute Gasteiger partial charge is 0.342 e. The number of carbonyl (C=O) groups is 2. The van der Waals surface area contributed by atoms with Crippen molar-refractivity contribution in [3.05, 3.63) is 93.3 Å². The first-order chi connectivity index (χ1) is 22.4. The van der Waals surface area contributed by atoms with Crippen LogP contribution < -0.4 is 5.32 Å². The summed E-state index contributed by atoms with van der Waals surface area (Å²) in [5.41, 5.74) is 0.193. The molecule has 1 heterocycles. The van der Waals surface area contributed by atoms with E-state index in [1.807, 2.05) is 36.4 Å². The summed E-state index contributed by atoms with van der Waals surface area (Å²) < 4.78 is 76.1. The van der Waals surface area contributed by atoms with Gasteiger partial charge in [-0.25, -0.2) is 8.98 Å². The molecule has 48 heavy (non-hydrogen) atoms. The van der Waals surface area contributed by atoms with Crippen LogP contribution in [0.3, 0.4) is 0 Å². The number of nitrogens with one attached hydrogen (secondary N) is 1. The van der Waals surface area contributed by atoms with Crippen LogP contribution in [0, 0.1) is 5.41 Å². The third kappa shape index (κ3) is 11.7. The molecule has 0 aromatic heterocycles. The van der Waals surface area contributed by atoms with Gasteiger partial charge in [-0.1, -0.05) is 74.5 Å². The van der Waals surface area contributed by atoms with Crippen molar-refractivity contribution >= 4 is 48.0 Å². The van der Waals surface area contributed by atoms with Crippen LogP contribution in [0.15, 0.2) is 82.2 Å². The van der Waals surface area contributed by atoms with Gasteiger partial charge in [-0.15, -0.1) is 0 Å². The quantitative estimate of drug-likeness (QED) is 0.184. The second kappa shape index (κ2) is 16.9. The Morgan fingerprint density at radius 1 is 0.938 bits per heavy atom. The maximum absolute atomic E-state index is 14.1. The van der Waals surface area contributed by atoms with Crippen LogP contribution in [0.25, 0.3) is 0 Å².